The molecule has 0 aromatic heterocycles. The number of Topliss-reactive ketones (excluding diaryl/α,β-unsaturated/α-hetero) is 1. The van der Waals surface area contributed by atoms with E-state index in [2.05, 4.69) is 13.8 Å². The van der Waals surface area contributed by atoms with Gasteiger partial charge in [0.15, 0.2) is 5.78 Å². The number of ketones is 1. The summed E-state index contributed by atoms with van der Waals surface area (Å²) in [6, 6.07) is 0. The van der Waals surface area contributed by atoms with Crippen LogP contribution in [0.15, 0.2) is 0 Å². The Hall–Kier alpha value is -0.860. The van der Waals surface area contributed by atoms with Crippen molar-refractivity contribution in [2.24, 2.45) is 22.7 Å². The van der Waals surface area contributed by atoms with E-state index in [-0.39, 0.29) is 28.5 Å². The molecule has 2 aliphatic rings. The number of hydrogen-bond acceptors (Lipinski definition) is 3. The summed E-state index contributed by atoms with van der Waals surface area (Å²) < 4.78 is 5.03. The van der Waals surface area contributed by atoms with Gasteiger partial charge in [-0.3, -0.25) is 9.59 Å². The number of carbonyl (C=O) groups is 2. The molecule has 90 valence electrons. The molecule has 2 unspecified atom stereocenters. The van der Waals surface area contributed by atoms with Crippen LogP contribution in [-0.2, 0) is 14.3 Å². The molecule has 3 heteroatoms. The molecule has 0 amide bonds. The summed E-state index contributed by atoms with van der Waals surface area (Å²) >= 11 is 0. The van der Waals surface area contributed by atoms with Gasteiger partial charge < -0.3 is 4.74 Å². The van der Waals surface area contributed by atoms with Gasteiger partial charge in [0.2, 0.25) is 0 Å². The van der Waals surface area contributed by atoms with Gasteiger partial charge in [-0.1, -0.05) is 20.8 Å². The largest absolute Gasteiger partial charge is 0.465 e. The number of esters is 1. The second kappa shape index (κ2) is 3.31. The Morgan fingerprint density at radius 3 is 2.50 bits per heavy atom. The van der Waals surface area contributed by atoms with Crippen molar-refractivity contribution in [3.63, 3.8) is 0 Å². The smallest absolute Gasteiger partial charge is 0.316 e. The maximum absolute atomic E-state index is 12.3. The molecule has 3 nitrogen and oxygen atoms in total. The van der Waals surface area contributed by atoms with Crippen LogP contribution in [0.5, 0.6) is 0 Å². The number of ether oxygens (including phenoxy) is 1. The summed E-state index contributed by atoms with van der Waals surface area (Å²) in [7, 11) is 0. The number of hydrogen-bond donors (Lipinski definition) is 0. The summed E-state index contributed by atoms with van der Waals surface area (Å²) in [5, 5.41) is 0. The van der Waals surface area contributed by atoms with Gasteiger partial charge in [0.25, 0.3) is 0 Å². The van der Waals surface area contributed by atoms with E-state index in [1.165, 1.54) is 0 Å². The zero-order valence-corrected chi connectivity index (χ0v) is 10.5. The Morgan fingerprint density at radius 2 is 2.06 bits per heavy atom. The lowest BCUT2D eigenvalue weighted by Gasteiger charge is -2.32. The monoisotopic (exact) mass is 224 g/mol. The molecule has 2 rings (SSSR count). The molecule has 2 fully saturated rings. The summed E-state index contributed by atoms with van der Waals surface area (Å²) in [5.74, 6) is -0.543. The average Bonchev–Trinajstić information content (AvgIpc) is 2.50. The molecule has 0 aromatic rings. The maximum atomic E-state index is 12.3. The molecular formula is C13H20O3. The fraction of sp³-hybridized carbons (Fsp3) is 0.846. The first kappa shape index (κ1) is 11.6. The molecule has 0 aliphatic heterocycles. The van der Waals surface area contributed by atoms with Crippen molar-refractivity contribution in [1.82, 2.24) is 0 Å². The summed E-state index contributed by atoms with van der Waals surface area (Å²) in [5.41, 5.74) is -0.392. The van der Waals surface area contributed by atoms with Crippen LogP contribution in [0.25, 0.3) is 0 Å². The zero-order valence-electron chi connectivity index (χ0n) is 10.5. The minimum absolute atomic E-state index is 0.0679. The lowest BCUT2D eigenvalue weighted by molar-refractivity contribution is -0.154. The minimum Gasteiger partial charge on any atom is -0.465 e. The molecule has 16 heavy (non-hydrogen) atoms. The van der Waals surface area contributed by atoms with Crippen molar-refractivity contribution in [2.45, 2.75) is 40.5 Å². The van der Waals surface area contributed by atoms with E-state index in [9.17, 15) is 9.59 Å². The Labute approximate surface area is 96.5 Å². The number of fused-ring (bicyclic) bond motifs is 2. The highest BCUT2D eigenvalue weighted by atomic mass is 16.5. The van der Waals surface area contributed by atoms with Crippen molar-refractivity contribution in [3.8, 4) is 0 Å². The van der Waals surface area contributed by atoms with E-state index >= 15 is 0 Å². The van der Waals surface area contributed by atoms with Gasteiger partial charge in [-0.25, -0.2) is 0 Å². The molecule has 2 bridgehead atoms. The third-order valence-corrected chi connectivity index (χ3v) is 5.07. The fourth-order valence-corrected chi connectivity index (χ4v) is 3.59. The first-order valence-corrected chi connectivity index (χ1v) is 6.07. The lowest BCUT2D eigenvalue weighted by Crippen LogP contribution is -2.36. The normalized spacial score (nSPS) is 40.1. The van der Waals surface area contributed by atoms with Gasteiger partial charge in [-0.05, 0) is 31.1 Å². The van der Waals surface area contributed by atoms with Crippen molar-refractivity contribution in [2.75, 3.05) is 6.61 Å². The van der Waals surface area contributed by atoms with E-state index in [1.807, 2.05) is 6.92 Å². The first-order chi connectivity index (χ1) is 7.36. The van der Waals surface area contributed by atoms with E-state index in [0.717, 1.165) is 12.8 Å². The predicted molar refractivity (Wildman–Crippen MR) is 59.7 cm³/mol. The molecule has 0 aromatic carbocycles. The molecule has 2 aliphatic carbocycles. The SMILES string of the molecule is CCOC(=O)C1C(=O)[C@]2(C)CCC1C2(C)C. The lowest BCUT2D eigenvalue weighted by atomic mass is 9.70. The van der Waals surface area contributed by atoms with E-state index in [4.69, 9.17) is 4.74 Å². The van der Waals surface area contributed by atoms with Gasteiger partial charge >= 0.3 is 5.97 Å². The van der Waals surface area contributed by atoms with Crippen LogP contribution >= 0.6 is 0 Å². The van der Waals surface area contributed by atoms with Crippen LogP contribution in [0.1, 0.15) is 40.5 Å². The molecule has 0 radical (unpaired) electrons. The van der Waals surface area contributed by atoms with E-state index < -0.39 is 5.92 Å². The van der Waals surface area contributed by atoms with Crippen LogP contribution < -0.4 is 0 Å². The Morgan fingerprint density at radius 1 is 1.44 bits per heavy atom. The van der Waals surface area contributed by atoms with Crippen molar-refractivity contribution >= 4 is 11.8 Å². The fourth-order valence-electron chi connectivity index (χ4n) is 3.59. The van der Waals surface area contributed by atoms with Crippen molar-refractivity contribution < 1.29 is 14.3 Å². The molecular weight excluding hydrogens is 204 g/mol. The van der Waals surface area contributed by atoms with Gasteiger partial charge in [0.1, 0.15) is 5.92 Å². The van der Waals surface area contributed by atoms with Crippen LogP contribution in [0.3, 0.4) is 0 Å². The maximum Gasteiger partial charge on any atom is 0.316 e. The van der Waals surface area contributed by atoms with E-state index in [0.29, 0.717) is 6.61 Å². The topological polar surface area (TPSA) is 43.4 Å². The van der Waals surface area contributed by atoms with Crippen molar-refractivity contribution in [1.29, 1.82) is 0 Å². The zero-order chi connectivity index (χ0) is 12.1. The van der Waals surface area contributed by atoms with Gasteiger partial charge in [0, 0.05) is 5.41 Å². The summed E-state index contributed by atoms with van der Waals surface area (Å²) in [4.78, 5) is 24.2. The third kappa shape index (κ3) is 1.14. The average molecular weight is 224 g/mol. The molecule has 0 heterocycles. The van der Waals surface area contributed by atoms with Gasteiger partial charge in [-0.15, -0.1) is 0 Å². The highest BCUT2D eigenvalue weighted by Crippen LogP contribution is 2.65. The minimum atomic E-state index is -0.506. The number of rotatable bonds is 2. The molecule has 0 spiro atoms. The van der Waals surface area contributed by atoms with Crippen molar-refractivity contribution in [3.05, 3.63) is 0 Å². The van der Waals surface area contributed by atoms with Crippen LogP contribution in [0.4, 0.5) is 0 Å². The third-order valence-electron chi connectivity index (χ3n) is 5.07. The van der Waals surface area contributed by atoms with Crippen LogP contribution in [0.2, 0.25) is 0 Å². The first-order valence-electron chi connectivity index (χ1n) is 6.07. The highest BCUT2D eigenvalue weighted by molar-refractivity contribution is 6.05. The molecule has 3 atom stereocenters. The molecule has 0 saturated heterocycles. The second-order valence-electron chi connectivity index (χ2n) is 5.79. The second-order valence-corrected chi connectivity index (χ2v) is 5.79. The highest BCUT2D eigenvalue weighted by Gasteiger charge is 2.68. The molecule has 0 N–H and O–H groups in total. The standard InChI is InChI=1S/C13H20O3/c1-5-16-11(15)9-8-6-7-13(4,10(9)14)12(8,2)3/h8-9H,5-7H2,1-4H3/t8?,9?,13-/m0/s1. The van der Waals surface area contributed by atoms with Crippen LogP contribution in [-0.4, -0.2) is 18.4 Å². The quantitative estimate of drug-likeness (QED) is 0.533. The summed E-state index contributed by atoms with van der Waals surface area (Å²) in [6.45, 7) is 8.37. The number of carbonyl (C=O) groups excluding carboxylic acids is 2. The van der Waals surface area contributed by atoms with Gasteiger partial charge in [-0.2, -0.15) is 0 Å². The van der Waals surface area contributed by atoms with Crippen LogP contribution in [0, 0.1) is 22.7 Å². The Kier molecular flexibility index (Phi) is 2.41. The van der Waals surface area contributed by atoms with E-state index in [1.54, 1.807) is 6.92 Å². The van der Waals surface area contributed by atoms with Gasteiger partial charge in [0.05, 0.1) is 6.61 Å². The molecule has 2 saturated carbocycles. The Balaban J connectivity index is 2.33. The predicted octanol–water partition coefficient (Wildman–Crippen LogP) is 2.19. The Bertz CT molecular complexity index is 345. The summed E-state index contributed by atoms with van der Waals surface area (Å²) in [6.07, 6.45) is 1.89.